The largest absolute Gasteiger partial charge is 0.461 e. The van der Waals surface area contributed by atoms with E-state index in [2.05, 4.69) is 9.72 Å². The highest BCUT2D eigenvalue weighted by Gasteiger charge is 2.42. The molecule has 0 radical (unpaired) electrons. The Morgan fingerprint density at radius 3 is 2.67 bits per heavy atom. The molecule has 110 valence electrons. The van der Waals surface area contributed by atoms with Crippen molar-refractivity contribution in [3.63, 3.8) is 0 Å². The second kappa shape index (κ2) is 5.99. The van der Waals surface area contributed by atoms with Crippen LogP contribution >= 0.6 is 0 Å². The molecule has 1 aromatic carbocycles. The summed E-state index contributed by atoms with van der Waals surface area (Å²) >= 11 is 0. The Morgan fingerprint density at radius 2 is 2.05 bits per heavy atom. The molecule has 2 rings (SSSR count). The molecule has 1 aromatic heterocycles. The van der Waals surface area contributed by atoms with Gasteiger partial charge in [0.1, 0.15) is 0 Å². The van der Waals surface area contributed by atoms with Gasteiger partial charge < -0.3 is 4.74 Å². The van der Waals surface area contributed by atoms with Gasteiger partial charge in [-0.05, 0) is 31.5 Å². The van der Waals surface area contributed by atoms with Gasteiger partial charge in [0.05, 0.1) is 12.3 Å². The third-order valence-corrected chi connectivity index (χ3v) is 2.96. The third-order valence-electron chi connectivity index (χ3n) is 2.96. The van der Waals surface area contributed by atoms with Crippen molar-refractivity contribution in [3.05, 3.63) is 53.7 Å². The quantitative estimate of drug-likeness (QED) is 0.806. The number of aromatic nitrogens is 1. The summed E-state index contributed by atoms with van der Waals surface area (Å²) in [7, 11) is 0. The summed E-state index contributed by atoms with van der Waals surface area (Å²) < 4.78 is 32.4. The van der Waals surface area contributed by atoms with E-state index in [-0.39, 0.29) is 6.61 Å². The summed E-state index contributed by atoms with van der Waals surface area (Å²) in [4.78, 5) is 15.6. The molecule has 0 spiro atoms. The van der Waals surface area contributed by atoms with Crippen LogP contribution in [0, 0.1) is 6.92 Å². The molecule has 1 heterocycles. The first-order chi connectivity index (χ1) is 9.95. The number of hydrogen-bond donors (Lipinski definition) is 0. The van der Waals surface area contributed by atoms with Gasteiger partial charge in [0, 0.05) is 17.3 Å². The van der Waals surface area contributed by atoms with Crippen LogP contribution in [-0.4, -0.2) is 17.6 Å². The lowest BCUT2D eigenvalue weighted by Crippen LogP contribution is -2.28. The Balaban J connectivity index is 2.37. The van der Waals surface area contributed by atoms with Crippen LogP contribution in [0.5, 0.6) is 0 Å². The number of pyridine rings is 1. The molecule has 0 aliphatic rings. The molecule has 0 saturated heterocycles. The van der Waals surface area contributed by atoms with Gasteiger partial charge in [-0.1, -0.05) is 24.3 Å². The number of aryl methyl sites for hydroxylation is 1. The SMILES string of the molecule is CCOC(=O)C(F)(F)c1cccc(-c2ccc(C)cn2)c1. The van der Waals surface area contributed by atoms with E-state index >= 15 is 0 Å². The van der Waals surface area contributed by atoms with Crippen LogP contribution < -0.4 is 0 Å². The number of ether oxygens (including phenoxy) is 1. The van der Waals surface area contributed by atoms with E-state index in [0.29, 0.717) is 11.3 Å². The summed E-state index contributed by atoms with van der Waals surface area (Å²) in [6, 6.07) is 9.19. The Hall–Kier alpha value is -2.30. The topological polar surface area (TPSA) is 39.2 Å². The summed E-state index contributed by atoms with van der Waals surface area (Å²) in [5, 5.41) is 0. The highest BCUT2D eigenvalue weighted by molar-refractivity contribution is 5.80. The lowest BCUT2D eigenvalue weighted by Gasteiger charge is -2.15. The zero-order valence-electron chi connectivity index (χ0n) is 11.8. The molecule has 3 nitrogen and oxygen atoms in total. The summed E-state index contributed by atoms with van der Waals surface area (Å²) in [6.07, 6.45) is 1.66. The van der Waals surface area contributed by atoms with Crippen LogP contribution in [0.15, 0.2) is 42.6 Å². The zero-order valence-corrected chi connectivity index (χ0v) is 11.8. The Kier molecular flexibility index (Phi) is 4.31. The summed E-state index contributed by atoms with van der Waals surface area (Å²) in [5.41, 5.74) is 1.67. The van der Waals surface area contributed by atoms with E-state index in [1.165, 1.54) is 25.1 Å². The summed E-state index contributed by atoms with van der Waals surface area (Å²) in [6.45, 7) is 3.29. The third kappa shape index (κ3) is 3.24. The number of nitrogens with zero attached hydrogens (tertiary/aromatic N) is 1. The van der Waals surface area contributed by atoms with Crippen LogP contribution in [0.3, 0.4) is 0 Å². The van der Waals surface area contributed by atoms with Gasteiger partial charge in [-0.3, -0.25) is 4.98 Å². The number of rotatable bonds is 4. The molecule has 2 aromatic rings. The van der Waals surface area contributed by atoms with Crippen molar-refractivity contribution >= 4 is 5.97 Å². The Morgan fingerprint density at radius 1 is 1.29 bits per heavy atom. The van der Waals surface area contributed by atoms with E-state index in [4.69, 9.17) is 0 Å². The fourth-order valence-corrected chi connectivity index (χ4v) is 1.85. The first kappa shape index (κ1) is 15.1. The molecule has 21 heavy (non-hydrogen) atoms. The molecule has 0 bridgehead atoms. The average molecular weight is 291 g/mol. The van der Waals surface area contributed by atoms with E-state index in [0.717, 1.165) is 5.56 Å². The number of halogens is 2. The van der Waals surface area contributed by atoms with Gasteiger partial charge in [0.2, 0.25) is 0 Å². The Labute approximate surface area is 121 Å². The molecule has 5 heteroatoms. The van der Waals surface area contributed by atoms with Crippen LogP contribution in [0.4, 0.5) is 8.78 Å². The van der Waals surface area contributed by atoms with Crippen molar-refractivity contribution in [2.45, 2.75) is 19.8 Å². The summed E-state index contributed by atoms with van der Waals surface area (Å²) in [5.74, 6) is -5.21. The molecular formula is C16H15F2NO2. The predicted molar refractivity (Wildman–Crippen MR) is 74.9 cm³/mol. The van der Waals surface area contributed by atoms with Gasteiger partial charge in [-0.15, -0.1) is 0 Å². The zero-order chi connectivity index (χ0) is 15.5. The highest BCUT2D eigenvalue weighted by Crippen LogP contribution is 2.32. The van der Waals surface area contributed by atoms with E-state index in [1.54, 1.807) is 18.3 Å². The molecule has 0 N–H and O–H groups in total. The normalized spacial score (nSPS) is 11.2. The number of benzene rings is 1. The van der Waals surface area contributed by atoms with Crippen LogP contribution in [0.25, 0.3) is 11.3 Å². The number of hydrogen-bond acceptors (Lipinski definition) is 3. The van der Waals surface area contributed by atoms with Crippen molar-refractivity contribution in [1.29, 1.82) is 0 Å². The minimum absolute atomic E-state index is 0.0897. The van der Waals surface area contributed by atoms with Crippen LogP contribution in [-0.2, 0) is 15.5 Å². The Bertz CT molecular complexity index is 639. The van der Waals surface area contributed by atoms with Crippen molar-refractivity contribution in [2.24, 2.45) is 0 Å². The van der Waals surface area contributed by atoms with Gasteiger partial charge in [0.25, 0.3) is 0 Å². The molecule has 0 unspecified atom stereocenters. The number of carbonyl (C=O) groups excluding carboxylic acids is 1. The molecule has 0 aliphatic heterocycles. The van der Waals surface area contributed by atoms with Crippen molar-refractivity contribution < 1.29 is 18.3 Å². The van der Waals surface area contributed by atoms with Gasteiger partial charge in [0.15, 0.2) is 0 Å². The van der Waals surface area contributed by atoms with Crippen molar-refractivity contribution in [3.8, 4) is 11.3 Å². The molecular weight excluding hydrogens is 276 g/mol. The smallest absolute Gasteiger partial charge is 0.381 e. The van der Waals surface area contributed by atoms with Crippen molar-refractivity contribution in [2.75, 3.05) is 6.61 Å². The second-order valence-corrected chi connectivity index (χ2v) is 4.60. The van der Waals surface area contributed by atoms with Gasteiger partial charge in [-0.2, -0.15) is 8.78 Å². The lowest BCUT2D eigenvalue weighted by atomic mass is 10.0. The van der Waals surface area contributed by atoms with Crippen molar-refractivity contribution in [1.82, 2.24) is 4.98 Å². The monoisotopic (exact) mass is 291 g/mol. The van der Waals surface area contributed by atoms with Crippen LogP contribution in [0.1, 0.15) is 18.1 Å². The molecule has 0 amide bonds. The van der Waals surface area contributed by atoms with E-state index in [9.17, 15) is 13.6 Å². The molecule has 0 fully saturated rings. The number of esters is 1. The molecule has 0 aliphatic carbocycles. The fourth-order valence-electron chi connectivity index (χ4n) is 1.85. The molecule has 0 atom stereocenters. The maximum absolute atomic E-state index is 14.0. The maximum Gasteiger partial charge on any atom is 0.381 e. The minimum Gasteiger partial charge on any atom is -0.461 e. The van der Waals surface area contributed by atoms with Crippen LogP contribution in [0.2, 0.25) is 0 Å². The first-order valence-corrected chi connectivity index (χ1v) is 6.53. The molecule has 0 saturated carbocycles. The van der Waals surface area contributed by atoms with E-state index < -0.39 is 17.5 Å². The second-order valence-electron chi connectivity index (χ2n) is 4.60. The highest BCUT2D eigenvalue weighted by atomic mass is 19.3. The van der Waals surface area contributed by atoms with Gasteiger partial charge >= 0.3 is 11.9 Å². The average Bonchev–Trinajstić information content (AvgIpc) is 2.48. The van der Waals surface area contributed by atoms with Gasteiger partial charge in [-0.25, -0.2) is 4.79 Å². The first-order valence-electron chi connectivity index (χ1n) is 6.53. The predicted octanol–water partition coefficient (Wildman–Crippen LogP) is 3.71. The number of alkyl halides is 2. The fraction of sp³-hybridized carbons (Fsp3) is 0.250. The standard InChI is InChI=1S/C16H15F2NO2/c1-3-21-15(20)16(17,18)13-6-4-5-12(9-13)14-8-7-11(2)10-19-14/h4-10H,3H2,1-2H3. The minimum atomic E-state index is -3.67. The lowest BCUT2D eigenvalue weighted by molar-refractivity contribution is -0.173. The maximum atomic E-state index is 14.0. The number of carbonyl (C=O) groups is 1. The van der Waals surface area contributed by atoms with E-state index in [1.807, 2.05) is 13.0 Å².